The zero-order chi connectivity index (χ0) is 24.3. The molecule has 0 radical (unpaired) electrons. The van der Waals surface area contributed by atoms with Gasteiger partial charge in [0.15, 0.2) is 5.82 Å². The van der Waals surface area contributed by atoms with Crippen LogP contribution in [0, 0.1) is 17.2 Å². The van der Waals surface area contributed by atoms with Crippen molar-refractivity contribution in [2.75, 3.05) is 18.4 Å². The molecule has 0 bridgehead atoms. The fraction of sp³-hybridized carbons (Fsp3) is 0.458. The number of H-pyrrole nitrogens is 1. The van der Waals surface area contributed by atoms with Crippen LogP contribution in [0.3, 0.4) is 0 Å². The quantitative estimate of drug-likeness (QED) is 0.521. The van der Waals surface area contributed by atoms with Crippen LogP contribution in [0.25, 0.3) is 10.9 Å². The summed E-state index contributed by atoms with van der Waals surface area (Å²) in [6.07, 6.45) is 1.17. The molecule has 3 heterocycles. The Hall–Kier alpha value is -3.32. The number of fused-ring (bicyclic) bond motifs is 1. The van der Waals surface area contributed by atoms with Crippen LogP contribution in [0.15, 0.2) is 41.3 Å². The lowest BCUT2D eigenvalue weighted by Crippen LogP contribution is -2.36. The number of hydrogen-bond donors (Lipinski definition) is 2. The van der Waals surface area contributed by atoms with Crippen LogP contribution in [0.5, 0.6) is 0 Å². The van der Waals surface area contributed by atoms with Crippen molar-refractivity contribution in [2.24, 2.45) is 5.92 Å². The Balaban J connectivity index is 0.000000868. The number of nitrogens with one attached hydrogen (secondary N) is 2. The maximum Gasteiger partial charge on any atom is 0.408 e. The van der Waals surface area contributed by atoms with E-state index in [9.17, 15) is 18.0 Å². The second kappa shape index (κ2) is 9.89. The summed E-state index contributed by atoms with van der Waals surface area (Å²) < 4.78 is 43.0. The average molecular weight is 473 g/mol. The van der Waals surface area contributed by atoms with Crippen molar-refractivity contribution in [2.45, 2.75) is 51.4 Å². The van der Waals surface area contributed by atoms with Gasteiger partial charge < -0.3 is 10.3 Å². The normalized spacial score (nSPS) is 17.1. The molecule has 3 aromatic rings. The standard InChI is InChI=1S/C22H24F3N5O.C2H3N/c23-22(24,25)19(29-11-1-2-12-29)15-5-7-16(8-6-15)27-20-18-17(9-10-26-21(18)31)30(28-20)13-14-3-4-14;1-2-3/h5-10,14,19H,1-4,11-13H2,(H,26,31)(H,27,28);1H3. The van der Waals surface area contributed by atoms with Gasteiger partial charge in [0.1, 0.15) is 11.4 Å². The first kappa shape index (κ1) is 23.8. The highest BCUT2D eigenvalue weighted by molar-refractivity contribution is 5.91. The molecular weight excluding hydrogens is 445 g/mol. The molecule has 2 fully saturated rings. The van der Waals surface area contributed by atoms with E-state index in [0.29, 0.717) is 35.9 Å². The van der Waals surface area contributed by atoms with Gasteiger partial charge in [-0.25, -0.2) is 0 Å². The van der Waals surface area contributed by atoms with Gasteiger partial charge in [-0.1, -0.05) is 12.1 Å². The summed E-state index contributed by atoms with van der Waals surface area (Å²) in [7, 11) is 0. The van der Waals surface area contributed by atoms with E-state index in [1.807, 2.05) is 10.7 Å². The lowest BCUT2D eigenvalue weighted by atomic mass is 10.0. The minimum atomic E-state index is -4.33. The van der Waals surface area contributed by atoms with Crippen LogP contribution >= 0.6 is 0 Å². The van der Waals surface area contributed by atoms with E-state index in [4.69, 9.17) is 5.26 Å². The average Bonchev–Trinajstić information content (AvgIpc) is 3.31. The van der Waals surface area contributed by atoms with Crippen LogP contribution in [-0.4, -0.2) is 38.9 Å². The molecule has 1 unspecified atom stereocenters. The van der Waals surface area contributed by atoms with Gasteiger partial charge in [0.05, 0.1) is 11.6 Å². The molecule has 2 aromatic heterocycles. The third-order valence-corrected chi connectivity index (χ3v) is 6.11. The summed E-state index contributed by atoms with van der Waals surface area (Å²) >= 11 is 0. The Bertz CT molecular complexity index is 1210. The predicted octanol–water partition coefficient (Wildman–Crippen LogP) is 5.11. The number of pyridine rings is 1. The first-order chi connectivity index (χ1) is 16.3. The minimum Gasteiger partial charge on any atom is -0.338 e. The monoisotopic (exact) mass is 472 g/mol. The molecule has 1 atom stereocenters. The number of hydrogen-bond acceptors (Lipinski definition) is 5. The van der Waals surface area contributed by atoms with Crippen molar-refractivity contribution in [1.29, 1.82) is 5.26 Å². The number of benzene rings is 1. The van der Waals surface area contributed by atoms with E-state index in [1.54, 1.807) is 24.4 Å². The van der Waals surface area contributed by atoms with Crippen LogP contribution in [0.2, 0.25) is 0 Å². The van der Waals surface area contributed by atoms with Crippen molar-refractivity contribution < 1.29 is 13.2 Å². The van der Waals surface area contributed by atoms with Crippen molar-refractivity contribution in [3.63, 3.8) is 0 Å². The number of anilines is 2. The van der Waals surface area contributed by atoms with Gasteiger partial charge in [-0.3, -0.25) is 14.4 Å². The van der Waals surface area contributed by atoms with Gasteiger partial charge in [0.25, 0.3) is 5.56 Å². The number of aromatic nitrogens is 3. The summed E-state index contributed by atoms with van der Waals surface area (Å²) in [4.78, 5) is 16.6. The lowest BCUT2D eigenvalue weighted by molar-refractivity contribution is -0.183. The van der Waals surface area contributed by atoms with Gasteiger partial charge in [-0.05, 0) is 68.5 Å². The Morgan fingerprint density at radius 3 is 2.44 bits per heavy atom. The van der Waals surface area contributed by atoms with Crippen LogP contribution in [-0.2, 0) is 6.54 Å². The molecule has 10 heteroatoms. The Morgan fingerprint density at radius 2 is 1.85 bits per heavy atom. The molecular formula is C24H27F3N6O. The SMILES string of the molecule is CC#N.O=c1[nH]ccc2c1c(Nc1ccc(C(N3CCCC3)C(F)(F)F)cc1)nn2CC1CC1. The largest absolute Gasteiger partial charge is 0.408 e. The minimum absolute atomic E-state index is 0.224. The number of alkyl halides is 3. The second-order valence-corrected chi connectivity index (χ2v) is 8.70. The molecule has 180 valence electrons. The highest BCUT2D eigenvalue weighted by Crippen LogP contribution is 2.40. The van der Waals surface area contributed by atoms with Crippen molar-refractivity contribution in [3.8, 4) is 6.07 Å². The Labute approximate surface area is 195 Å². The number of nitrogens with zero attached hydrogens (tertiary/aromatic N) is 4. The van der Waals surface area contributed by atoms with Gasteiger partial charge >= 0.3 is 6.18 Å². The number of likely N-dealkylation sites (tertiary alicyclic amines) is 1. The van der Waals surface area contributed by atoms with Gasteiger partial charge in [0, 0.05) is 25.4 Å². The molecule has 1 saturated carbocycles. The molecule has 1 saturated heterocycles. The molecule has 7 nitrogen and oxygen atoms in total. The zero-order valence-electron chi connectivity index (χ0n) is 18.9. The number of halogens is 3. The van der Waals surface area contributed by atoms with Gasteiger partial charge in [-0.15, -0.1) is 0 Å². The lowest BCUT2D eigenvalue weighted by Gasteiger charge is -2.29. The number of aromatic amines is 1. The van der Waals surface area contributed by atoms with Crippen LogP contribution in [0.1, 0.15) is 44.2 Å². The summed E-state index contributed by atoms with van der Waals surface area (Å²) in [5, 5.41) is 15.5. The summed E-state index contributed by atoms with van der Waals surface area (Å²) in [6, 6.07) is 8.23. The second-order valence-electron chi connectivity index (χ2n) is 8.70. The summed E-state index contributed by atoms with van der Waals surface area (Å²) in [5.74, 6) is 0.997. The third-order valence-electron chi connectivity index (χ3n) is 6.11. The maximum atomic E-state index is 13.7. The van der Waals surface area contributed by atoms with Crippen LogP contribution < -0.4 is 10.9 Å². The fourth-order valence-electron chi connectivity index (χ4n) is 4.40. The van der Waals surface area contributed by atoms with E-state index >= 15 is 0 Å². The van der Waals surface area contributed by atoms with E-state index in [1.165, 1.54) is 24.0 Å². The first-order valence-electron chi connectivity index (χ1n) is 11.4. The molecule has 0 amide bonds. The van der Waals surface area contributed by atoms with Crippen molar-refractivity contribution in [1.82, 2.24) is 19.7 Å². The van der Waals surface area contributed by atoms with E-state index in [0.717, 1.165) is 37.7 Å². The fourth-order valence-corrected chi connectivity index (χ4v) is 4.40. The zero-order valence-corrected chi connectivity index (χ0v) is 18.9. The molecule has 5 rings (SSSR count). The van der Waals surface area contributed by atoms with E-state index in [2.05, 4.69) is 15.4 Å². The highest BCUT2D eigenvalue weighted by Gasteiger charge is 2.45. The van der Waals surface area contributed by atoms with E-state index < -0.39 is 12.2 Å². The molecule has 34 heavy (non-hydrogen) atoms. The smallest absolute Gasteiger partial charge is 0.338 e. The number of nitriles is 1. The topological polar surface area (TPSA) is 89.7 Å². The van der Waals surface area contributed by atoms with Gasteiger partial charge in [0.2, 0.25) is 0 Å². The molecule has 2 N–H and O–H groups in total. The number of rotatable bonds is 6. The molecule has 1 aromatic carbocycles. The van der Waals surface area contributed by atoms with Crippen molar-refractivity contribution in [3.05, 3.63) is 52.4 Å². The summed E-state index contributed by atoms with van der Waals surface area (Å²) in [5.41, 5.74) is 1.32. The van der Waals surface area contributed by atoms with Crippen molar-refractivity contribution >= 4 is 22.4 Å². The van der Waals surface area contributed by atoms with Crippen LogP contribution in [0.4, 0.5) is 24.7 Å². The predicted molar refractivity (Wildman–Crippen MR) is 124 cm³/mol. The Morgan fingerprint density at radius 1 is 1.21 bits per heavy atom. The third kappa shape index (κ3) is 5.25. The summed E-state index contributed by atoms with van der Waals surface area (Å²) in [6.45, 7) is 3.10. The molecule has 1 aliphatic heterocycles. The van der Waals surface area contributed by atoms with E-state index in [-0.39, 0.29) is 11.1 Å². The molecule has 2 aliphatic rings. The highest BCUT2D eigenvalue weighted by atomic mass is 19.4. The molecule has 0 spiro atoms. The molecule has 1 aliphatic carbocycles. The Kier molecular flexibility index (Phi) is 6.93. The first-order valence-corrected chi connectivity index (χ1v) is 11.4. The maximum absolute atomic E-state index is 13.7. The van der Waals surface area contributed by atoms with Gasteiger partial charge in [-0.2, -0.15) is 23.5 Å².